The van der Waals surface area contributed by atoms with E-state index < -0.39 is 9.84 Å². The summed E-state index contributed by atoms with van der Waals surface area (Å²) in [5.41, 5.74) is 0. The molecule has 9 heteroatoms. The van der Waals surface area contributed by atoms with Gasteiger partial charge >= 0.3 is 0 Å². The van der Waals surface area contributed by atoms with Gasteiger partial charge in [0.15, 0.2) is 27.4 Å². The zero-order valence-electron chi connectivity index (χ0n) is 15.2. The first-order valence-electron chi connectivity index (χ1n) is 8.68. The molecule has 0 radical (unpaired) electrons. The van der Waals surface area contributed by atoms with Crippen LogP contribution in [0.15, 0.2) is 29.3 Å². The molecule has 2 rings (SSSR count). The number of sulfone groups is 1. The van der Waals surface area contributed by atoms with Gasteiger partial charge in [-0.05, 0) is 19.1 Å². The van der Waals surface area contributed by atoms with Gasteiger partial charge in [-0.2, -0.15) is 0 Å². The number of aliphatic imine (C=N–C) groups is 1. The molecule has 0 bridgehead atoms. The molecule has 0 saturated carbocycles. The van der Waals surface area contributed by atoms with Gasteiger partial charge in [-0.3, -0.25) is 9.89 Å². The second kappa shape index (κ2) is 9.72. The van der Waals surface area contributed by atoms with Crippen LogP contribution in [-0.2, 0) is 9.84 Å². The minimum atomic E-state index is -2.85. The predicted molar refractivity (Wildman–Crippen MR) is 101 cm³/mol. The lowest BCUT2D eigenvalue weighted by Gasteiger charge is -2.26. The molecule has 1 fully saturated rings. The van der Waals surface area contributed by atoms with Crippen LogP contribution in [-0.4, -0.2) is 76.7 Å². The highest BCUT2D eigenvalue weighted by Crippen LogP contribution is 2.16. The summed E-state index contributed by atoms with van der Waals surface area (Å²) in [5.74, 6) is 0.921. The lowest BCUT2D eigenvalue weighted by Crippen LogP contribution is -2.47. The Hall–Kier alpha value is -1.87. The van der Waals surface area contributed by atoms with Crippen molar-refractivity contribution in [3.63, 3.8) is 0 Å². The number of rotatable bonds is 7. The lowest BCUT2D eigenvalue weighted by atomic mass is 10.3. The van der Waals surface area contributed by atoms with Crippen LogP contribution in [0.3, 0.4) is 0 Å². The summed E-state index contributed by atoms with van der Waals surface area (Å²) in [6.45, 7) is 4.86. The summed E-state index contributed by atoms with van der Waals surface area (Å²) < 4.78 is 42.0. The van der Waals surface area contributed by atoms with Crippen molar-refractivity contribution in [2.24, 2.45) is 4.99 Å². The molecule has 0 aliphatic carbocycles. The van der Waals surface area contributed by atoms with E-state index in [4.69, 9.17) is 4.74 Å². The molecule has 1 saturated heterocycles. The summed E-state index contributed by atoms with van der Waals surface area (Å²) >= 11 is 0. The fourth-order valence-corrected chi connectivity index (χ4v) is 3.84. The van der Waals surface area contributed by atoms with Gasteiger partial charge < -0.3 is 15.4 Å². The maximum absolute atomic E-state index is 13.6. The normalized spacial score (nSPS) is 19.0. The van der Waals surface area contributed by atoms with E-state index in [1.165, 1.54) is 6.07 Å². The molecule has 1 aromatic carbocycles. The smallest absolute Gasteiger partial charge is 0.191 e. The Bertz CT molecular complexity index is 698. The van der Waals surface area contributed by atoms with Crippen molar-refractivity contribution >= 4 is 15.8 Å². The molecule has 1 aliphatic rings. The van der Waals surface area contributed by atoms with Crippen molar-refractivity contribution in [1.82, 2.24) is 15.5 Å². The van der Waals surface area contributed by atoms with E-state index in [9.17, 15) is 12.8 Å². The van der Waals surface area contributed by atoms with Crippen molar-refractivity contribution in [2.45, 2.75) is 13.0 Å². The second-order valence-electron chi connectivity index (χ2n) is 6.23. The number of nitrogens with one attached hydrogen (secondary N) is 2. The first kappa shape index (κ1) is 20.4. The number of benzene rings is 1. The molecular weight excluding hydrogens is 359 g/mol. The third kappa shape index (κ3) is 6.80. The number of para-hydroxylation sites is 1. The van der Waals surface area contributed by atoms with Gasteiger partial charge in [-0.15, -0.1) is 0 Å². The fraction of sp³-hybridized carbons (Fsp3) is 0.588. The number of hydrogen-bond acceptors (Lipinski definition) is 5. The van der Waals surface area contributed by atoms with Crippen molar-refractivity contribution in [3.05, 3.63) is 30.1 Å². The van der Waals surface area contributed by atoms with Gasteiger partial charge in [0, 0.05) is 33.2 Å². The van der Waals surface area contributed by atoms with E-state index in [1.54, 1.807) is 25.2 Å². The van der Waals surface area contributed by atoms with Crippen molar-refractivity contribution in [1.29, 1.82) is 0 Å². The van der Waals surface area contributed by atoms with Crippen LogP contribution in [0.5, 0.6) is 5.75 Å². The van der Waals surface area contributed by atoms with E-state index in [1.807, 2.05) is 6.92 Å². The first-order chi connectivity index (χ1) is 12.4. The zero-order chi connectivity index (χ0) is 19.0. The Morgan fingerprint density at radius 1 is 1.31 bits per heavy atom. The van der Waals surface area contributed by atoms with Crippen molar-refractivity contribution in [2.75, 3.05) is 51.3 Å². The largest absolute Gasteiger partial charge is 0.486 e. The number of ether oxygens (including phenoxy) is 1. The molecular formula is C17H27FN4O3S. The Kier molecular flexibility index (Phi) is 7.65. The molecule has 2 N–H and O–H groups in total. The van der Waals surface area contributed by atoms with Crippen LogP contribution < -0.4 is 15.4 Å². The Morgan fingerprint density at radius 2 is 2.00 bits per heavy atom. The topological polar surface area (TPSA) is 83.0 Å². The van der Waals surface area contributed by atoms with E-state index in [-0.39, 0.29) is 29.2 Å². The summed E-state index contributed by atoms with van der Waals surface area (Å²) in [6, 6.07) is 6.30. The van der Waals surface area contributed by atoms with Gasteiger partial charge in [-0.1, -0.05) is 12.1 Å². The third-order valence-corrected chi connectivity index (χ3v) is 5.71. The molecule has 1 atom stereocenters. The predicted octanol–water partition coefficient (Wildman–Crippen LogP) is 0.488. The van der Waals surface area contributed by atoms with Crippen LogP contribution >= 0.6 is 0 Å². The van der Waals surface area contributed by atoms with Crippen LogP contribution in [0, 0.1) is 5.82 Å². The third-order valence-electron chi connectivity index (χ3n) is 4.10. The van der Waals surface area contributed by atoms with Gasteiger partial charge in [-0.25, -0.2) is 12.8 Å². The molecule has 0 aromatic heterocycles. The van der Waals surface area contributed by atoms with Gasteiger partial charge in [0.05, 0.1) is 18.1 Å². The first-order valence-corrected chi connectivity index (χ1v) is 10.5. The lowest BCUT2D eigenvalue weighted by molar-refractivity contribution is 0.214. The molecule has 1 heterocycles. The average molecular weight is 386 g/mol. The molecule has 0 amide bonds. The van der Waals surface area contributed by atoms with Crippen LogP contribution in [0.4, 0.5) is 4.39 Å². The monoisotopic (exact) mass is 386 g/mol. The van der Waals surface area contributed by atoms with Gasteiger partial charge in [0.1, 0.15) is 6.10 Å². The molecule has 26 heavy (non-hydrogen) atoms. The number of halogens is 1. The Labute approximate surface area is 154 Å². The summed E-state index contributed by atoms with van der Waals surface area (Å²) in [7, 11) is -1.18. The highest BCUT2D eigenvalue weighted by Gasteiger charge is 2.20. The molecule has 0 spiro atoms. The highest BCUT2D eigenvalue weighted by atomic mass is 32.2. The van der Waals surface area contributed by atoms with E-state index in [0.717, 1.165) is 6.54 Å². The van der Waals surface area contributed by atoms with E-state index in [2.05, 4.69) is 20.5 Å². The molecule has 1 aliphatic heterocycles. The molecule has 1 aromatic rings. The van der Waals surface area contributed by atoms with E-state index >= 15 is 0 Å². The highest BCUT2D eigenvalue weighted by molar-refractivity contribution is 7.91. The summed E-state index contributed by atoms with van der Waals surface area (Å²) in [6.07, 6.45) is -0.238. The van der Waals surface area contributed by atoms with Crippen LogP contribution in [0.2, 0.25) is 0 Å². The number of hydrogen-bond donors (Lipinski definition) is 2. The quantitative estimate of drug-likeness (QED) is 0.524. The maximum atomic E-state index is 13.6. The number of nitrogens with zero attached hydrogens (tertiary/aromatic N) is 2. The average Bonchev–Trinajstić information content (AvgIpc) is 2.61. The van der Waals surface area contributed by atoms with Crippen LogP contribution in [0.1, 0.15) is 6.92 Å². The standard InChI is InChI=1S/C17H27FN4O3S/c1-14(25-16-6-4-3-5-15(16)18)13-21-17(19-2)20-7-8-22-9-11-26(23,24)12-10-22/h3-6,14H,7-13H2,1-2H3,(H2,19,20,21). The molecule has 146 valence electrons. The minimum Gasteiger partial charge on any atom is -0.486 e. The maximum Gasteiger partial charge on any atom is 0.191 e. The minimum absolute atomic E-state index is 0.227. The van der Waals surface area contributed by atoms with Crippen LogP contribution in [0.25, 0.3) is 0 Å². The molecule has 1 unspecified atom stereocenters. The Balaban J connectivity index is 1.67. The van der Waals surface area contributed by atoms with E-state index in [0.29, 0.717) is 32.1 Å². The van der Waals surface area contributed by atoms with Crippen molar-refractivity contribution < 1.29 is 17.5 Å². The fourth-order valence-electron chi connectivity index (χ4n) is 2.57. The summed E-state index contributed by atoms with van der Waals surface area (Å²) in [5, 5.41) is 6.32. The van der Waals surface area contributed by atoms with Crippen molar-refractivity contribution in [3.8, 4) is 5.75 Å². The number of guanidine groups is 1. The second-order valence-corrected chi connectivity index (χ2v) is 8.54. The summed E-state index contributed by atoms with van der Waals surface area (Å²) in [4.78, 5) is 6.26. The zero-order valence-corrected chi connectivity index (χ0v) is 16.1. The van der Waals surface area contributed by atoms with Gasteiger partial charge in [0.2, 0.25) is 0 Å². The van der Waals surface area contributed by atoms with Gasteiger partial charge in [0.25, 0.3) is 0 Å². The molecule has 7 nitrogen and oxygen atoms in total. The SMILES string of the molecule is CN=C(NCCN1CCS(=O)(=O)CC1)NCC(C)Oc1ccccc1F. The Morgan fingerprint density at radius 3 is 2.65 bits per heavy atom.